The van der Waals surface area contributed by atoms with Gasteiger partial charge in [-0.1, -0.05) is 18.2 Å². The Morgan fingerprint density at radius 2 is 2.36 bits per heavy atom. The third kappa shape index (κ3) is 1.34. The van der Waals surface area contributed by atoms with E-state index in [-0.39, 0.29) is 0 Å². The van der Waals surface area contributed by atoms with Gasteiger partial charge in [-0.05, 0) is 19.3 Å². The molecule has 1 unspecified atom stereocenters. The van der Waals surface area contributed by atoms with Crippen molar-refractivity contribution in [1.29, 1.82) is 0 Å². The van der Waals surface area contributed by atoms with E-state index in [1.807, 2.05) is 12.2 Å². The Bertz CT molecular complexity index is 206. The molecule has 0 saturated carbocycles. The van der Waals surface area contributed by atoms with Crippen molar-refractivity contribution in [2.24, 2.45) is 5.41 Å². The fourth-order valence-electron chi connectivity index (χ4n) is 1.32. The quantitative estimate of drug-likeness (QED) is 0.614. The van der Waals surface area contributed by atoms with Crippen molar-refractivity contribution >= 4 is 5.97 Å². The van der Waals surface area contributed by atoms with Crippen molar-refractivity contribution in [2.75, 3.05) is 0 Å². The van der Waals surface area contributed by atoms with E-state index < -0.39 is 11.4 Å². The summed E-state index contributed by atoms with van der Waals surface area (Å²) in [6.45, 7) is 3.56. The van der Waals surface area contributed by atoms with Gasteiger partial charge in [0, 0.05) is 0 Å². The van der Waals surface area contributed by atoms with Gasteiger partial charge in [0.2, 0.25) is 0 Å². The molecule has 1 N–H and O–H groups in total. The Kier molecular flexibility index (Phi) is 2.13. The summed E-state index contributed by atoms with van der Waals surface area (Å²) < 4.78 is 0. The highest BCUT2D eigenvalue weighted by atomic mass is 16.4. The van der Waals surface area contributed by atoms with E-state index in [1.165, 1.54) is 0 Å². The predicted molar refractivity (Wildman–Crippen MR) is 43.3 cm³/mol. The Labute approximate surface area is 66.2 Å². The molecule has 0 aromatic carbocycles. The first-order valence-corrected chi connectivity index (χ1v) is 3.73. The summed E-state index contributed by atoms with van der Waals surface area (Å²) in [5.41, 5.74) is -0.686. The van der Waals surface area contributed by atoms with Gasteiger partial charge in [-0.15, -0.1) is 6.58 Å². The van der Waals surface area contributed by atoms with Crippen molar-refractivity contribution in [3.63, 3.8) is 0 Å². The van der Waals surface area contributed by atoms with E-state index in [1.54, 1.807) is 6.08 Å². The maximum absolute atomic E-state index is 10.8. The van der Waals surface area contributed by atoms with E-state index in [0.717, 1.165) is 6.42 Å². The fourth-order valence-corrected chi connectivity index (χ4v) is 1.32. The van der Waals surface area contributed by atoms with Gasteiger partial charge in [-0.2, -0.15) is 0 Å². The van der Waals surface area contributed by atoms with Crippen molar-refractivity contribution in [3.8, 4) is 0 Å². The number of rotatable bonds is 2. The molecule has 0 radical (unpaired) electrons. The van der Waals surface area contributed by atoms with Crippen LogP contribution in [0, 0.1) is 5.41 Å². The van der Waals surface area contributed by atoms with Gasteiger partial charge >= 0.3 is 5.97 Å². The van der Waals surface area contributed by atoms with Crippen molar-refractivity contribution in [3.05, 3.63) is 24.8 Å². The van der Waals surface area contributed by atoms with Crippen LogP contribution in [0.1, 0.15) is 19.3 Å². The van der Waals surface area contributed by atoms with Crippen molar-refractivity contribution in [2.45, 2.75) is 19.3 Å². The molecule has 60 valence electrons. The van der Waals surface area contributed by atoms with Gasteiger partial charge in [0.1, 0.15) is 0 Å². The lowest BCUT2D eigenvalue weighted by molar-refractivity contribution is -0.146. The molecule has 0 heterocycles. The highest BCUT2D eigenvalue weighted by Gasteiger charge is 2.34. The third-order valence-corrected chi connectivity index (χ3v) is 2.22. The van der Waals surface area contributed by atoms with Crippen LogP contribution in [-0.4, -0.2) is 11.1 Å². The normalized spacial score (nSPS) is 29.8. The molecule has 1 rings (SSSR count). The Morgan fingerprint density at radius 3 is 2.64 bits per heavy atom. The monoisotopic (exact) mass is 152 g/mol. The molecule has 0 aliphatic heterocycles. The first kappa shape index (κ1) is 8.05. The van der Waals surface area contributed by atoms with Crippen molar-refractivity contribution in [1.82, 2.24) is 0 Å². The minimum absolute atomic E-state index is 0.589. The van der Waals surface area contributed by atoms with Gasteiger partial charge in [0.25, 0.3) is 0 Å². The van der Waals surface area contributed by atoms with Crippen LogP contribution in [0.25, 0.3) is 0 Å². The second-order valence-corrected chi connectivity index (χ2v) is 2.88. The Balaban J connectivity index is 2.83. The maximum atomic E-state index is 10.8. The smallest absolute Gasteiger partial charge is 0.313 e. The minimum atomic E-state index is -0.753. The van der Waals surface area contributed by atoms with E-state index in [0.29, 0.717) is 12.8 Å². The van der Waals surface area contributed by atoms with Crippen LogP contribution in [0.3, 0.4) is 0 Å². The zero-order valence-corrected chi connectivity index (χ0v) is 6.42. The molecular formula is C9H12O2. The summed E-state index contributed by atoms with van der Waals surface area (Å²) in [5, 5.41) is 8.88. The third-order valence-electron chi connectivity index (χ3n) is 2.22. The summed E-state index contributed by atoms with van der Waals surface area (Å²) in [5.74, 6) is -0.753. The second kappa shape index (κ2) is 2.91. The van der Waals surface area contributed by atoms with Gasteiger partial charge < -0.3 is 5.11 Å². The second-order valence-electron chi connectivity index (χ2n) is 2.88. The number of allylic oxidation sites excluding steroid dienone is 2. The lowest BCUT2D eigenvalue weighted by Crippen LogP contribution is -2.29. The first-order valence-electron chi connectivity index (χ1n) is 3.73. The number of hydrogen-bond donors (Lipinski definition) is 1. The van der Waals surface area contributed by atoms with Crippen LogP contribution < -0.4 is 0 Å². The summed E-state index contributed by atoms with van der Waals surface area (Å²) >= 11 is 0. The highest BCUT2D eigenvalue weighted by molar-refractivity contribution is 5.77. The average molecular weight is 152 g/mol. The van der Waals surface area contributed by atoms with E-state index in [4.69, 9.17) is 5.11 Å². The number of hydrogen-bond acceptors (Lipinski definition) is 1. The number of carboxylic acid groups (broad SMARTS) is 1. The van der Waals surface area contributed by atoms with E-state index in [9.17, 15) is 4.79 Å². The molecule has 0 aromatic heterocycles. The van der Waals surface area contributed by atoms with E-state index in [2.05, 4.69) is 6.58 Å². The summed E-state index contributed by atoms with van der Waals surface area (Å²) in [7, 11) is 0. The maximum Gasteiger partial charge on any atom is 0.313 e. The molecule has 1 atom stereocenters. The van der Waals surface area contributed by atoms with Gasteiger partial charge in [-0.25, -0.2) is 0 Å². The lowest BCUT2D eigenvalue weighted by atomic mass is 9.77. The summed E-state index contributed by atoms with van der Waals surface area (Å²) in [6, 6.07) is 0. The molecule has 1 aliphatic rings. The number of aliphatic carboxylic acids is 1. The van der Waals surface area contributed by atoms with Gasteiger partial charge in [0.05, 0.1) is 5.41 Å². The molecule has 11 heavy (non-hydrogen) atoms. The van der Waals surface area contributed by atoms with Crippen LogP contribution in [0.15, 0.2) is 24.8 Å². The first-order chi connectivity index (χ1) is 5.21. The van der Waals surface area contributed by atoms with Crippen LogP contribution in [0.2, 0.25) is 0 Å². The van der Waals surface area contributed by atoms with Gasteiger partial charge in [-0.3, -0.25) is 4.79 Å². The topological polar surface area (TPSA) is 37.3 Å². The molecule has 0 aromatic rings. The largest absolute Gasteiger partial charge is 0.481 e. The van der Waals surface area contributed by atoms with E-state index >= 15 is 0 Å². The highest BCUT2D eigenvalue weighted by Crippen LogP contribution is 2.33. The molecule has 0 saturated heterocycles. The fraction of sp³-hybridized carbons (Fsp3) is 0.444. The predicted octanol–water partition coefficient (Wildman–Crippen LogP) is 1.98. The van der Waals surface area contributed by atoms with Crippen LogP contribution >= 0.6 is 0 Å². The molecule has 0 amide bonds. The van der Waals surface area contributed by atoms with Crippen molar-refractivity contribution < 1.29 is 9.90 Å². The SMILES string of the molecule is C=CC1(C(=O)O)CC=CCC1. The molecule has 2 heteroatoms. The average Bonchev–Trinajstić information content (AvgIpc) is 2.05. The van der Waals surface area contributed by atoms with Gasteiger partial charge in [0.15, 0.2) is 0 Å². The summed E-state index contributed by atoms with van der Waals surface area (Å²) in [6.07, 6.45) is 7.61. The molecular weight excluding hydrogens is 140 g/mol. The van der Waals surface area contributed by atoms with Crippen LogP contribution in [0.5, 0.6) is 0 Å². The van der Waals surface area contributed by atoms with Crippen LogP contribution in [-0.2, 0) is 4.79 Å². The van der Waals surface area contributed by atoms with Crippen LogP contribution in [0.4, 0.5) is 0 Å². The molecule has 0 bridgehead atoms. The standard InChI is InChI=1S/C9H12O2/c1-2-9(8(10)11)6-4-3-5-7-9/h2-4H,1,5-7H2,(H,10,11). The molecule has 1 aliphatic carbocycles. The number of carboxylic acids is 1. The minimum Gasteiger partial charge on any atom is -0.481 e. The zero-order valence-electron chi connectivity index (χ0n) is 6.42. The lowest BCUT2D eigenvalue weighted by Gasteiger charge is -2.26. The summed E-state index contributed by atoms with van der Waals surface area (Å²) in [4.78, 5) is 10.8. The molecule has 0 fully saturated rings. The molecule has 2 nitrogen and oxygen atoms in total. The Morgan fingerprint density at radius 1 is 1.64 bits per heavy atom. The zero-order chi connectivity index (χ0) is 8.32. The molecule has 0 spiro atoms. The number of carbonyl (C=O) groups is 1. The Hall–Kier alpha value is -1.05.